The molecular weight excluding hydrogens is 236 g/mol. The van der Waals surface area contributed by atoms with E-state index in [9.17, 15) is 9.90 Å². The van der Waals surface area contributed by atoms with Gasteiger partial charge in [-0.15, -0.1) is 0 Å². The van der Waals surface area contributed by atoms with E-state index in [0.29, 0.717) is 23.4 Å². The molecule has 0 aliphatic heterocycles. The molecule has 1 N–H and O–H groups in total. The molecule has 1 aromatic carbocycles. The molecule has 2 nitrogen and oxygen atoms in total. The number of hydrogen-bond acceptors (Lipinski definition) is 2. The van der Waals surface area contributed by atoms with Crippen LogP contribution in [0.4, 0.5) is 0 Å². The first-order valence-corrected chi connectivity index (χ1v) is 7.51. The summed E-state index contributed by atoms with van der Waals surface area (Å²) in [4.78, 5) is 11.4. The van der Waals surface area contributed by atoms with E-state index >= 15 is 0 Å². The van der Waals surface area contributed by atoms with Gasteiger partial charge in [-0.3, -0.25) is 4.79 Å². The van der Waals surface area contributed by atoms with Crippen molar-refractivity contribution in [1.29, 1.82) is 0 Å². The molecule has 104 valence electrons. The molecule has 0 aromatic heterocycles. The van der Waals surface area contributed by atoms with E-state index in [1.807, 2.05) is 12.1 Å². The summed E-state index contributed by atoms with van der Waals surface area (Å²) in [6, 6.07) is 7.66. The molecule has 1 aromatic rings. The van der Waals surface area contributed by atoms with Gasteiger partial charge in [-0.1, -0.05) is 31.9 Å². The SMILES string of the molecule is CCCCC(c1ccc(O)cc1)C1CCC(=O)CC1. The average molecular weight is 260 g/mol. The van der Waals surface area contributed by atoms with Crippen molar-refractivity contribution in [2.75, 3.05) is 0 Å². The van der Waals surface area contributed by atoms with Gasteiger partial charge < -0.3 is 5.11 Å². The van der Waals surface area contributed by atoms with Crippen molar-refractivity contribution in [3.63, 3.8) is 0 Å². The number of phenolic OH excluding ortho intramolecular Hbond substituents is 1. The van der Waals surface area contributed by atoms with Crippen LogP contribution in [0.5, 0.6) is 5.75 Å². The molecular formula is C17H24O2. The van der Waals surface area contributed by atoms with E-state index in [1.165, 1.54) is 24.8 Å². The van der Waals surface area contributed by atoms with Crippen LogP contribution in [0.2, 0.25) is 0 Å². The number of hydrogen-bond donors (Lipinski definition) is 1. The summed E-state index contributed by atoms with van der Waals surface area (Å²) in [7, 11) is 0. The highest BCUT2D eigenvalue weighted by molar-refractivity contribution is 5.79. The fourth-order valence-electron chi connectivity index (χ4n) is 3.18. The predicted molar refractivity (Wildman–Crippen MR) is 77.3 cm³/mol. The van der Waals surface area contributed by atoms with E-state index in [4.69, 9.17) is 0 Å². The third kappa shape index (κ3) is 3.82. The lowest BCUT2D eigenvalue weighted by Crippen LogP contribution is -2.20. The van der Waals surface area contributed by atoms with Crippen molar-refractivity contribution in [2.24, 2.45) is 5.92 Å². The Morgan fingerprint density at radius 3 is 2.42 bits per heavy atom. The minimum Gasteiger partial charge on any atom is -0.508 e. The summed E-state index contributed by atoms with van der Waals surface area (Å²) in [5.74, 6) is 1.94. The van der Waals surface area contributed by atoms with Crippen molar-refractivity contribution in [3.05, 3.63) is 29.8 Å². The molecule has 0 spiro atoms. The van der Waals surface area contributed by atoms with Crippen LogP contribution < -0.4 is 0 Å². The summed E-state index contributed by atoms with van der Waals surface area (Å²) in [6.07, 6.45) is 7.22. The van der Waals surface area contributed by atoms with Crippen LogP contribution in [-0.2, 0) is 4.79 Å². The van der Waals surface area contributed by atoms with Crippen LogP contribution in [0.3, 0.4) is 0 Å². The van der Waals surface area contributed by atoms with Crippen LogP contribution in [-0.4, -0.2) is 10.9 Å². The fourth-order valence-corrected chi connectivity index (χ4v) is 3.18. The molecule has 2 rings (SSSR count). The van der Waals surface area contributed by atoms with E-state index < -0.39 is 0 Å². The van der Waals surface area contributed by atoms with Gasteiger partial charge in [0.15, 0.2) is 0 Å². The largest absolute Gasteiger partial charge is 0.508 e. The lowest BCUT2D eigenvalue weighted by molar-refractivity contribution is -0.121. The highest BCUT2D eigenvalue weighted by Crippen LogP contribution is 2.38. The molecule has 1 aliphatic rings. The molecule has 0 radical (unpaired) electrons. The number of unbranched alkanes of at least 4 members (excludes halogenated alkanes) is 1. The van der Waals surface area contributed by atoms with Crippen LogP contribution in [0.15, 0.2) is 24.3 Å². The maximum absolute atomic E-state index is 11.4. The molecule has 1 aliphatic carbocycles. The Bertz CT molecular complexity index is 398. The minimum absolute atomic E-state index is 0.330. The van der Waals surface area contributed by atoms with Crippen molar-refractivity contribution in [1.82, 2.24) is 0 Å². The summed E-state index contributed by atoms with van der Waals surface area (Å²) >= 11 is 0. The predicted octanol–water partition coefficient (Wildman–Crippen LogP) is 4.43. The van der Waals surface area contributed by atoms with Crippen LogP contribution in [0.1, 0.15) is 63.4 Å². The van der Waals surface area contributed by atoms with Crippen LogP contribution >= 0.6 is 0 Å². The Morgan fingerprint density at radius 2 is 1.84 bits per heavy atom. The Kier molecular flexibility index (Phi) is 5.00. The quantitative estimate of drug-likeness (QED) is 0.850. The second-order valence-electron chi connectivity index (χ2n) is 5.72. The van der Waals surface area contributed by atoms with Gasteiger partial charge in [0.25, 0.3) is 0 Å². The maximum Gasteiger partial charge on any atom is 0.132 e. The van der Waals surface area contributed by atoms with Crippen molar-refractivity contribution >= 4 is 5.78 Å². The summed E-state index contributed by atoms with van der Waals surface area (Å²) in [6.45, 7) is 2.22. The summed E-state index contributed by atoms with van der Waals surface area (Å²) in [5.41, 5.74) is 1.32. The van der Waals surface area contributed by atoms with Gasteiger partial charge in [0.2, 0.25) is 0 Å². The van der Waals surface area contributed by atoms with Crippen molar-refractivity contribution in [3.8, 4) is 5.75 Å². The number of carbonyl (C=O) groups excluding carboxylic acids is 1. The third-order valence-corrected chi connectivity index (χ3v) is 4.35. The second kappa shape index (κ2) is 6.74. The topological polar surface area (TPSA) is 37.3 Å². The number of aromatic hydroxyl groups is 1. The number of ketones is 1. The Labute approximate surface area is 115 Å². The monoisotopic (exact) mass is 260 g/mol. The van der Waals surface area contributed by atoms with Gasteiger partial charge >= 0.3 is 0 Å². The zero-order valence-electron chi connectivity index (χ0n) is 11.8. The molecule has 0 amide bonds. The van der Waals surface area contributed by atoms with Gasteiger partial charge in [-0.25, -0.2) is 0 Å². The van der Waals surface area contributed by atoms with Gasteiger partial charge in [-0.05, 0) is 48.8 Å². The fraction of sp³-hybridized carbons (Fsp3) is 0.588. The number of carbonyl (C=O) groups is 1. The van der Waals surface area contributed by atoms with E-state index in [2.05, 4.69) is 6.92 Å². The van der Waals surface area contributed by atoms with Gasteiger partial charge in [0.1, 0.15) is 11.5 Å². The van der Waals surface area contributed by atoms with E-state index in [-0.39, 0.29) is 0 Å². The molecule has 0 heterocycles. The molecule has 1 fully saturated rings. The Balaban J connectivity index is 2.10. The second-order valence-corrected chi connectivity index (χ2v) is 5.72. The normalized spacial score (nSPS) is 18.5. The zero-order valence-corrected chi connectivity index (χ0v) is 11.8. The van der Waals surface area contributed by atoms with Crippen molar-refractivity contribution in [2.45, 2.75) is 57.8 Å². The first-order chi connectivity index (χ1) is 9.20. The minimum atomic E-state index is 0.330. The van der Waals surface area contributed by atoms with Gasteiger partial charge in [0.05, 0.1) is 0 Å². The van der Waals surface area contributed by atoms with Gasteiger partial charge in [0, 0.05) is 12.8 Å². The number of rotatable bonds is 5. The number of phenols is 1. The first kappa shape index (κ1) is 14.1. The molecule has 0 saturated heterocycles. The van der Waals surface area contributed by atoms with Crippen LogP contribution in [0.25, 0.3) is 0 Å². The molecule has 1 saturated carbocycles. The summed E-state index contributed by atoms with van der Waals surface area (Å²) < 4.78 is 0. The Morgan fingerprint density at radius 1 is 1.21 bits per heavy atom. The molecule has 0 bridgehead atoms. The lowest BCUT2D eigenvalue weighted by Gasteiger charge is -2.30. The highest BCUT2D eigenvalue weighted by Gasteiger charge is 2.27. The maximum atomic E-state index is 11.4. The molecule has 1 unspecified atom stereocenters. The van der Waals surface area contributed by atoms with Crippen LogP contribution in [0, 0.1) is 5.92 Å². The van der Waals surface area contributed by atoms with E-state index in [1.54, 1.807) is 12.1 Å². The standard InChI is InChI=1S/C17H24O2/c1-2-3-4-17(13-5-9-15(18)10-6-13)14-7-11-16(19)12-8-14/h5-6,9-10,14,17-18H,2-4,7-8,11-12H2,1H3. The lowest BCUT2D eigenvalue weighted by atomic mass is 9.74. The zero-order chi connectivity index (χ0) is 13.7. The van der Waals surface area contributed by atoms with E-state index in [0.717, 1.165) is 25.7 Å². The highest BCUT2D eigenvalue weighted by atomic mass is 16.3. The van der Waals surface area contributed by atoms with Gasteiger partial charge in [-0.2, -0.15) is 0 Å². The number of benzene rings is 1. The first-order valence-electron chi connectivity index (χ1n) is 7.51. The molecule has 2 heteroatoms. The molecule has 19 heavy (non-hydrogen) atoms. The average Bonchev–Trinajstić information content (AvgIpc) is 2.43. The smallest absolute Gasteiger partial charge is 0.132 e. The summed E-state index contributed by atoms with van der Waals surface area (Å²) in [5, 5.41) is 9.41. The third-order valence-electron chi connectivity index (χ3n) is 4.35. The van der Waals surface area contributed by atoms with Crippen molar-refractivity contribution < 1.29 is 9.90 Å². The Hall–Kier alpha value is -1.31. The molecule has 1 atom stereocenters. The number of Topliss-reactive ketones (excluding diaryl/α,β-unsaturated/α-hetero) is 1.